The van der Waals surface area contributed by atoms with E-state index in [0.717, 1.165) is 16.9 Å². The number of nitrogens with zero attached hydrogens (tertiary/aromatic N) is 6. The molecule has 0 atom stereocenters. The number of aromatic nitrogens is 8. The number of H-pyrrole nitrogens is 2. The highest BCUT2D eigenvalue weighted by atomic mass is 19.1. The molecule has 0 aliphatic rings. The van der Waals surface area contributed by atoms with Gasteiger partial charge in [-0.15, -0.1) is 0 Å². The van der Waals surface area contributed by atoms with Crippen LogP contribution < -0.4 is 5.32 Å². The second-order valence-corrected chi connectivity index (χ2v) is 8.40. The van der Waals surface area contributed by atoms with Gasteiger partial charge < -0.3 is 10.3 Å². The number of imidazole rings is 1. The Morgan fingerprint density at radius 2 is 1.86 bits per heavy atom. The van der Waals surface area contributed by atoms with Crippen molar-refractivity contribution in [3.63, 3.8) is 0 Å². The number of fused-ring (bicyclic) bond motifs is 2. The first-order valence-corrected chi connectivity index (χ1v) is 11.1. The summed E-state index contributed by atoms with van der Waals surface area (Å²) in [6, 6.07) is 9.58. The quantitative estimate of drug-likeness (QED) is 0.328. The largest absolute Gasteiger partial charge is 0.382 e. The smallest absolute Gasteiger partial charge is 0.161 e. The standard InChI is InChI=1S/C25H20FN9/c1-13(2)31-15-9-14(10-27-11-15)17-12-30-23-19(20(17)26)22(34-35-23)25-32-21-16(6-8-29-24(21)33-25)18-5-3-4-7-28-18/h3-13,31H,1-2H3,(H,29,32,33)(H,30,34,35). The van der Waals surface area contributed by atoms with E-state index in [9.17, 15) is 0 Å². The molecular weight excluding hydrogens is 445 g/mol. The number of rotatable bonds is 5. The maximum Gasteiger partial charge on any atom is 0.161 e. The Balaban J connectivity index is 1.49. The normalized spacial score (nSPS) is 11.5. The van der Waals surface area contributed by atoms with Gasteiger partial charge in [-0.3, -0.25) is 15.1 Å². The number of aromatic amines is 2. The Hall–Kier alpha value is -4.73. The first kappa shape index (κ1) is 20.8. The van der Waals surface area contributed by atoms with Gasteiger partial charge in [0.1, 0.15) is 17.0 Å². The van der Waals surface area contributed by atoms with Crippen LogP contribution >= 0.6 is 0 Å². The summed E-state index contributed by atoms with van der Waals surface area (Å²) in [6.45, 7) is 4.06. The highest BCUT2D eigenvalue weighted by molar-refractivity contribution is 5.96. The van der Waals surface area contributed by atoms with Crippen molar-refractivity contribution in [1.82, 2.24) is 40.1 Å². The van der Waals surface area contributed by atoms with Crippen LogP contribution in [0.1, 0.15) is 13.8 Å². The van der Waals surface area contributed by atoms with Crippen molar-refractivity contribution in [1.29, 1.82) is 0 Å². The van der Waals surface area contributed by atoms with Crippen molar-refractivity contribution < 1.29 is 4.39 Å². The number of pyridine rings is 4. The molecule has 6 aromatic rings. The summed E-state index contributed by atoms with van der Waals surface area (Å²) in [7, 11) is 0. The Kier molecular flexibility index (Phi) is 4.91. The van der Waals surface area contributed by atoms with Gasteiger partial charge in [0, 0.05) is 53.7 Å². The van der Waals surface area contributed by atoms with Crippen molar-refractivity contribution in [2.45, 2.75) is 19.9 Å². The maximum atomic E-state index is 15.9. The molecule has 0 radical (unpaired) electrons. The first-order chi connectivity index (χ1) is 17.1. The minimum absolute atomic E-state index is 0.218. The summed E-state index contributed by atoms with van der Waals surface area (Å²) in [5, 5.41) is 10.7. The molecule has 10 heteroatoms. The molecule has 0 saturated carbocycles. The van der Waals surface area contributed by atoms with E-state index in [-0.39, 0.29) is 11.4 Å². The highest BCUT2D eigenvalue weighted by Crippen LogP contribution is 2.34. The van der Waals surface area contributed by atoms with E-state index in [1.807, 2.05) is 44.2 Å². The topological polar surface area (TPSA) is 121 Å². The molecule has 6 heterocycles. The number of nitrogens with one attached hydrogen (secondary N) is 3. The molecular formula is C25H20FN9. The van der Waals surface area contributed by atoms with Crippen LogP contribution in [0.5, 0.6) is 0 Å². The van der Waals surface area contributed by atoms with Crippen LogP contribution in [0, 0.1) is 5.82 Å². The van der Waals surface area contributed by atoms with E-state index in [0.29, 0.717) is 39.5 Å². The third-order valence-electron chi connectivity index (χ3n) is 5.58. The summed E-state index contributed by atoms with van der Waals surface area (Å²) in [5.41, 5.74) is 5.14. The van der Waals surface area contributed by atoms with Gasteiger partial charge in [0.05, 0.1) is 16.8 Å². The Morgan fingerprint density at radius 3 is 2.69 bits per heavy atom. The lowest BCUT2D eigenvalue weighted by atomic mass is 10.1. The molecule has 35 heavy (non-hydrogen) atoms. The van der Waals surface area contributed by atoms with Crippen molar-refractivity contribution in [2.75, 3.05) is 5.32 Å². The van der Waals surface area contributed by atoms with Gasteiger partial charge in [-0.1, -0.05) is 6.07 Å². The van der Waals surface area contributed by atoms with Gasteiger partial charge >= 0.3 is 0 Å². The zero-order valence-electron chi connectivity index (χ0n) is 18.9. The molecule has 0 saturated heterocycles. The van der Waals surface area contributed by atoms with E-state index < -0.39 is 5.82 Å². The molecule has 0 aliphatic heterocycles. The average Bonchev–Trinajstić information content (AvgIpc) is 3.49. The van der Waals surface area contributed by atoms with Crippen molar-refractivity contribution in [3.05, 3.63) is 67.1 Å². The van der Waals surface area contributed by atoms with Crippen LogP contribution in [0.4, 0.5) is 10.1 Å². The molecule has 0 spiro atoms. The molecule has 0 fully saturated rings. The first-order valence-electron chi connectivity index (χ1n) is 11.1. The molecule has 0 aromatic carbocycles. The minimum atomic E-state index is -0.458. The second kappa shape index (κ2) is 8.24. The fourth-order valence-corrected chi connectivity index (χ4v) is 4.08. The molecule has 3 N–H and O–H groups in total. The van der Waals surface area contributed by atoms with E-state index in [2.05, 4.69) is 40.4 Å². The lowest BCUT2D eigenvalue weighted by Gasteiger charge is -2.11. The fourth-order valence-electron chi connectivity index (χ4n) is 4.08. The lowest BCUT2D eigenvalue weighted by molar-refractivity contribution is 0.642. The monoisotopic (exact) mass is 465 g/mol. The zero-order valence-corrected chi connectivity index (χ0v) is 18.9. The lowest BCUT2D eigenvalue weighted by Crippen LogP contribution is -2.09. The number of hydrogen-bond acceptors (Lipinski definition) is 7. The van der Waals surface area contributed by atoms with Crippen LogP contribution in [0.15, 0.2) is 61.3 Å². The average molecular weight is 465 g/mol. The van der Waals surface area contributed by atoms with Crippen LogP contribution in [0.3, 0.4) is 0 Å². The van der Waals surface area contributed by atoms with Gasteiger partial charge in [-0.05, 0) is 38.1 Å². The fraction of sp³-hybridized carbons (Fsp3) is 0.120. The number of anilines is 1. The van der Waals surface area contributed by atoms with Crippen LogP contribution in [0.25, 0.3) is 56.1 Å². The summed E-state index contributed by atoms with van der Waals surface area (Å²) < 4.78 is 15.9. The van der Waals surface area contributed by atoms with Crippen LogP contribution in [-0.4, -0.2) is 46.1 Å². The van der Waals surface area contributed by atoms with Crippen molar-refractivity contribution in [2.24, 2.45) is 0 Å². The van der Waals surface area contributed by atoms with Gasteiger partial charge in [-0.25, -0.2) is 19.3 Å². The van der Waals surface area contributed by atoms with E-state index in [1.54, 1.807) is 24.8 Å². The predicted octanol–water partition coefficient (Wildman–Crippen LogP) is 4.98. The molecule has 0 amide bonds. The summed E-state index contributed by atoms with van der Waals surface area (Å²) in [5.74, 6) is -0.0751. The van der Waals surface area contributed by atoms with E-state index >= 15 is 4.39 Å². The molecule has 6 rings (SSSR count). The summed E-state index contributed by atoms with van der Waals surface area (Å²) >= 11 is 0. The molecule has 9 nitrogen and oxygen atoms in total. The predicted molar refractivity (Wildman–Crippen MR) is 132 cm³/mol. The Labute approximate surface area is 198 Å². The third kappa shape index (κ3) is 3.65. The second-order valence-electron chi connectivity index (χ2n) is 8.40. The van der Waals surface area contributed by atoms with E-state index in [4.69, 9.17) is 4.98 Å². The maximum absolute atomic E-state index is 15.9. The van der Waals surface area contributed by atoms with Crippen LogP contribution in [0.2, 0.25) is 0 Å². The van der Waals surface area contributed by atoms with Crippen molar-refractivity contribution in [3.8, 4) is 33.9 Å². The van der Waals surface area contributed by atoms with Gasteiger partial charge in [-0.2, -0.15) is 5.10 Å². The molecule has 0 bridgehead atoms. The summed E-state index contributed by atoms with van der Waals surface area (Å²) in [6.07, 6.45) is 8.20. The Bertz CT molecular complexity index is 1670. The summed E-state index contributed by atoms with van der Waals surface area (Å²) in [4.78, 5) is 25.4. The molecule has 6 aromatic heterocycles. The van der Waals surface area contributed by atoms with Gasteiger partial charge in [0.15, 0.2) is 17.1 Å². The third-order valence-corrected chi connectivity index (χ3v) is 5.58. The molecule has 0 unspecified atom stereocenters. The Morgan fingerprint density at radius 1 is 0.943 bits per heavy atom. The minimum Gasteiger partial charge on any atom is -0.382 e. The van der Waals surface area contributed by atoms with Gasteiger partial charge in [0.25, 0.3) is 0 Å². The SMILES string of the molecule is CC(C)Nc1cncc(-c2cnc3[nH]nc(-c4nc5c(-c6ccccn6)ccnc5[nH]4)c3c2F)c1. The van der Waals surface area contributed by atoms with Crippen molar-refractivity contribution >= 4 is 27.9 Å². The molecule has 0 aliphatic carbocycles. The highest BCUT2D eigenvalue weighted by Gasteiger charge is 2.21. The number of halogens is 1. The van der Waals surface area contributed by atoms with Gasteiger partial charge in [0.2, 0.25) is 0 Å². The number of hydrogen-bond donors (Lipinski definition) is 3. The molecule has 172 valence electrons. The zero-order chi connectivity index (χ0) is 23.9. The van der Waals surface area contributed by atoms with E-state index in [1.165, 1.54) is 6.20 Å². The van der Waals surface area contributed by atoms with Crippen LogP contribution in [-0.2, 0) is 0 Å².